The number of aryl methyl sites for hydroxylation is 1. The molecule has 1 aromatic heterocycles. The summed E-state index contributed by atoms with van der Waals surface area (Å²) in [5.74, 6) is 0.0421. The number of nitrogens with zero attached hydrogens (tertiary/aromatic N) is 3. The van der Waals surface area contributed by atoms with Gasteiger partial charge in [-0.25, -0.2) is 9.78 Å². The molecule has 1 N–H and O–H groups in total. The molecule has 6 heteroatoms. The van der Waals surface area contributed by atoms with Gasteiger partial charge in [0, 0.05) is 18.8 Å². The Morgan fingerprint density at radius 2 is 2.00 bits per heavy atom. The van der Waals surface area contributed by atoms with Crippen LogP contribution in [0.15, 0.2) is 24.3 Å². The number of rotatable bonds is 3. The van der Waals surface area contributed by atoms with Crippen molar-refractivity contribution < 1.29 is 14.7 Å². The lowest BCUT2D eigenvalue weighted by Gasteiger charge is -2.29. The third-order valence-corrected chi connectivity index (χ3v) is 5.12. The lowest BCUT2D eigenvalue weighted by molar-refractivity contribution is -0.132. The van der Waals surface area contributed by atoms with Gasteiger partial charge >= 0.3 is 5.97 Å². The number of fused-ring (bicyclic) bond motifs is 3. The fraction of sp³-hybridized carbons (Fsp3) is 0.421. The van der Waals surface area contributed by atoms with Crippen LogP contribution in [0.3, 0.4) is 0 Å². The molecule has 0 spiro atoms. The fourth-order valence-corrected chi connectivity index (χ4v) is 3.83. The van der Waals surface area contributed by atoms with E-state index in [-0.39, 0.29) is 17.9 Å². The van der Waals surface area contributed by atoms with E-state index < -0.39 is 5.97 Å². The van der Waals surface area contributed by atoms with Gasteiger partial charge in [-0.3, -0.25) is 4.79 Å². The minimum absolute atomic E-state index is 0.0229. The maximum absolute atomic E-state index is 12.6. The maximum Gasteiger partial charge on any atom is 0.335 e. The first-order chi connectivity index (χ1) is 12.1. The molecule has 1 aliphatic carbocycles. The maximum atomic E-state index is 12.6. The van der Waals surface area contributed by atoms with Crippen LogP contribution in [0.4, 0.5) is 0 Å². The Balaban J connectivity index is 1.48. The van der Waals surface area contributed by atoms with Crippen molar-refractivity contribution in [2.24, 2.45) is 0 Å². The van der Waals surface area contributed by atoms with Crippen LogP contribution in [0.5, 0.6) is 0 Å². The van der Waals surface area contributed by atoms with Crippen molar-refractivity contribution in [2.75, 3.05) is 6.54 Å². The highest BCUT2D eigenvalue weighted by Crippen LogP contribution is 2.25. The minimum Gasteiger partial charge on any atom is -0.478 e. The van der Waals surface area contributed by atoms with E-state index in [0.29, 0.717) is 13.1 Å². The zero-order valence-electron chi connectivity index (χ0n) is 14.1. The number of hydrogen-bond acceptors (Lipinski definition) is 3. The highest BCUT2D eigenvalue weighted by atomic mass is 16.4. The van der Waals surface area contributed by atoms with Crippen molar-refractivity contribution in [3.63, 3.8) is 0 Å². The molecule has 1 aromatic carbocycles. The average Bonchev–Trinajstić information content (AvgIpc) is 2.99. The van der Waals surface area contributed by atoms with Gasteiger partial charge in [-0.1, -0.05) is 12.1 Å². The van der Waals surface area contributed by atoms with Gasteiger partial charge in [0.15, 0.2) is 0 Å². The molecule has 0 fully saturated rings. The number of aromatic nitrogens is 2. The molecule has 1 amide bonds. The first-order valence-electron chi connectivity index (χ1n) is 8.79. The Hall–Kier alpha value is -2.63. The molecule has 0 bridgehead atoms. The second kappa shape index (κ2) is 6.35. The summed E-state index contributed by atoms with van der Waals surface area (Å²) in [4.78, 5) is 30.3. The monoisotopic (exact) mass is 339 g/mol. The molecule has 6 nitrogen and oxygen atoms in total. The van der Waals surface area contributed by atoms with E-state index in [4.69, 9.17) is 10.1 Å². The quantitative estimate of drug-likeness (QED) is 0.928. The van der Waals surface area contributed by atoms with Crippen molar-refractivity contribution >= 4 is 11.9 Å². The fourth-order valence-electron chi connectivity index (χ4n) is 3.83. The van der Waals surface area contributed by atoms with Crippen LogP contribution in [0.1, 0.15) is 46.0 Å². The second-order valence-electron chi connectivity index (χ2n) is 6.78. The van der Waals surface area contributed by atoms with Crippen LogP contribution in [-0.4, -0.2) is 38.0 Å². The number of hydrogen-bond donors (Lipinski definition) is 1. The third kappa shape index (κ3) is 3.04. The first kappa shape index (κ1) is 15.9. The Kier molecular flexibility index (Phi) is 4.03. The number of aromatic carboxylic acids is 1. The highest BCUT2D eigenvalue weighted by Gasteiger charge is 2.27. The molecule has 0 radical (unpaired) electrons. The summed E-state index contributed by atoms with van der Waals surface area (Å²) in [6.07, 6.45) is 4.79. The van der Waals surface area contributed by atoms with Gasteiger partial charge in [-0.05, 0) is 43.4 Å². The standard InChI is InChI=1S/C19H21N3O3/c23-18(11-13-4-3-5-14(10-13)19(24)25)21-8-9-22-16-7-2-1-6-15(16)20-17(22)12-21/h3-5,10H,1-2,6-9,11-12H2,(H,24,25). The molecular weight excluding hydrogens is 318 g/mol. The molecule has 2 aliphatic rings. The van der Waals surface area contributed by atoms with E-state index in [0.717, 1.165) is 30.8 Å². The summed E-state index contributed by atoms with van der Waals surface area (Å²) in [5.41, 5.74) is 3.53. The highest BCUT2D eigenvalue weighted by molar-refractivity contribution is 5.88. The van der Waals surface area contributed by atoms with Gasteiger partial charge in [-0.2, -0.15) is 0 Å². The summed E-state index contributed by atoms with van der Waals surface area (Å²) in [5, 5.41) is 9.08. The zero-order valence-corrected chi connectivity index (χ0v) is 14.1. The molecular formula is C19H21N3O3. The molecule has 130 valence electrons. The van der Waals surface area contributed by atoms with Gasteiger partial charge in [0.2, 0.25) is 5.91 Å². The van der Waals surface area contributed by atoms with E-state index >= 15 is 0 Å². The summed E-state index contributed by atoms with van der Waals surface area (Å²) in [7, 11) is 0. The molecule has 0 atom stereocenters. The molecule has 0 saturated heterocycles. The van der Waals surface area contributed by atoms with E-state index in [1.807, 2.05) is 4.90 Å². The molecule has 2 aromatic rings. The molecule has 25 heavy (non-hydrogen) atoms. The summed E-state index contributed by atoms with van der Waals surface area (Å²) in [6, 6.07) is 6.60. The van der Waals surface area contributed by atoms with Crippen LogP contribution >= 0.6 is 0 Å². The molecule has 0 unspecified atom stereocenters. The van der Waals surface area contributed by atoms with E-state index in [9.17, 15) is 9.59 Å². The minimum atomic E-state index is -0.972. The van der Waals surface area contributed by atoms with Crippen molar-refractivity contribution in [1.82, 2.24) is 14.5 Å². The van der Waals surface area contributed by atoms with E-state index in [1.165, 1.54) is 24.2 Å². The van der Waals surface area contributed by atoms with Crippen LogP contribution in [0, 0.1) is 0 Å². The van der Waals surface area contributed by atoms with Crippen molar-refractivity contribution in [3.05, 3.63) is 52.6 Å². The summed E-state index contributed by atoms with van der Waals surface area (Å²) >= 11 is 0. The van der Waals surface area contributed by atoms with Crippen LogP contribution in [0.25, 0.3) is 0 Å². The van der Waals surface area contributed by atoms with Crippen molar-refractivity contribution in [3.8, 4) is 0 Å². The average molecular weight is 339 g/mol. The number of carbonyl (C=O) groups excluding carboxylic acids is 1. The van der Waals surface area contributed by atoms with E-state index in [1.54, 1.807) is 24.3 Å². The van der Waals surface area contributed by atoms with Crippen molar-refractivity contribution in [2.45, 2.75) is 45.2 Å². The predicted octanol–water partition coefficient (Wildman–Crippen LogP) is 2.04. The number of imidazole rings is 1. The van der Waals surface area contributed by atoms with Crippen LogP contribution < -0.4 is 0 Å². The second-order valence-corrected chi connectivity index (χ2v) is 6.78. The largest absolute Gasteiger partial charge is 0.478 e. The van der Waals surface area contributed by atoms with Gasteiger partial charge in [-0.15, -0.1) is 0 Å². The van der Waals surface area contributed by atoms with E-state index in [2.05, 4.69) is 4.57 Å². The summed E-state index contributed by atoms with van der Waals surface area (Å²) in [6.45, 7) is 2.04. The van der Waals surface area contributed by atoms with Gasteiger partial charge in [0.05, 0.1) is 24.2 Å². The van der Waals surface area contributed by atoms with Crippen LogP contribution in [0.2, 0.25) is 0 Å². The lowest BCUT2D eigenvalue weighted by atomic mass is 10.0. The number of carbonyl (C=O) groups is 2. The molecule has 1 aliphatic heterocycles. The van der Waals surface area contributed by atoms with Crippen LogP contribution in [-0.2, 0) is 37.1 Å². The topological polar surface area (TPSA) is 75.4 Å². The van der Waals surface area contributed by atoms with Gasteiger partial charge in [0.1, 0.15) is 5.82 Å². The third-order valence-electron chi connectivity index (χ3n) is 5.12. The smallest absolute Gasteiger partial charge is 0.335 e. The SMILES string of the molecule is O=C(O)c1cccc(CC(=O)N2CCn3c(nc4c3CCCC4)C2)c1. The first-order valence-corrected chi connectivity index (χ1v) is 8.79. The Morgan fingerprint density at radius 1 is 1.16 bits per heavy atom. The zero-order chi connectivity index (χ0) is 17.4. The van der Waals surface area contributed by atoms with Gasteiger partial charge < -0.3 is 14.6 Å². The molecule has 2 heterocycles. The van der Waals surface area contributed by atoms with Gasteiger partial charge in [0.25, 0.3) is 0 Å². The Labute approximate surface area is 146 Å². The normalized spacial score (nSPS) is 16.2. The lowest BCUT2D eigenvalue weighted by Crippen LogP contribution is -2.39. The number of carboxylic acids is 1. The number of benzene rings is 1. The Morgan fingerprint density at radius 3 is 2.84 bits per heavy atom. The molecule has 4 rings (SSSR count). The predicted molar refractivity (Wildman–Crippen MR) is 91.4 cm³/mol. The summed E-state index contributed by atoms with van der Waals surface area (Å²) < 4.78 is 2.29. The molecule has 0 saturated carbocycles. The number of amides is 1. The number of carboxylic acid groups (broad SMARTS) is 1. The van der Waals surface area contributed by atoms with Crippen molar-refractivity contribution in [1.29, 1.82) is 0 Å². The Bertz CT molecular complexity index is 840.